The molecule has 1 N–H and O–H groups in total. The second-order valence-corrected chi connectivity index (χ2v) is 3.88. The highest BCUT2D eigenvalue weighted by Gasteiger charge is 2.11. The Morgan fingerprint density at radius 2 is 1.95 bits per heavy atom. The fraction of sp³-hybridized carbons (Fsp3) is 0.154. The first-order chi connectivity index (χ1) is 9.16. The van der Waals surface area contributed by atoms with E-state index in [1.807, 2.05) is 0 Å². The first kappa shape index (κ1) is 13.1. The molecular weight excluding hydrogens is 252 g/mol. The largest absolute Gasteiger partial charge is 0.352 e. The summed E-state index contributed by atoms with van der Waals surface area (Å²) in [6.45, 7) is 0.322. The molecule has 2 aromatic rings. The number of rotatable bonds is 4. The van der Waals surface area contributed by atoms with Crippen LogP contribution in [0.3, 0.4) is 0 Å². The van der Waals surface area contributed by atoms with Crippen LogP contribution in [0.4, 0.5) is 8.78 Å². The molecule has 6 heteroatoms. The van der Waals surface area contributed by atoms with Gasteiger partial charge in [0, 0.05) is 25.0 Å². The zero-order chi connectivity index (χ0) is 13.7. The van der Waals surface area contributed by atoms with Gasteiger partial charge in [0.25, 0.3) is 5.91 Å². The minimum atomic E-state index is -0.874. The molecule has 0 atom stereocenters. The van der Waals surface area contributed by atoms with Crippen molar-refractivity contribution >= 4 is 5.91 Å². The van der Waals surface area contributed by atoms with E-state index in [4.69, 9.17) is 0 Å². The number of halogens is 2. The van der Waals surface area contributed by atoms with Gasteiger partial charge in [-0.1, -0.05) is 0 Å². The van der Waals surface area contributed by atoms with Crippen molar-refractivity contribution < 1.29 is 13.6 Å². The fourth-order valence-corrected chi connectivity index (χ4v) is 1.55. The van der Waals surface area contributed by atoms with Crippen LogP contribution in [0.2, 0.25) is 0 Å². The van der Waals surface area contributed by atoms with Crippen molar-refractivity contribution in [1.82, 2.24) is 15.3 Å². The van der Waals surface area contributed by atoms with Crippen LogP contribution in [-0.2, 0) is 6.42 Å². The third-order valence-electron chi connectivity index (χ3n) is 2.49. The molecule has 1 aromatic heterocycles. The fourth-order valence-electron chi connectivity index (χ4n) is 1.55. The lowest BCUT2D eigenvalue weighted by molar-refractivity contribution is 0.0950. The number of hydrogen-bond donors (Lipinski definition) is 1. The molecule has 0 aliphatic carbocycles. The standard InChI is InChI=1S/C13H11F2N3O/c14-10-1-2-11(12(15)5-10)13(19)18-4-3-9-6-16-8-17-7-9/h1-2,5-8H,3-4H2,(H,18,19). The third kappa shape index (κ3) is 3.54. The van der Waals surface area contributed by atoms with Gasteiger partial charge in [-0.3, -0.25) is 4.79 Å². The van der Waals surface area contributed by atoms with Crippen LogP contribution in [0.15, 0.2) is 36.9 Å². The monoisotopic (exact) mass is 263 g/mol. The topological polar surface area (TPSA) is 54.9 Å². The van der Waals surface area contributed by atoms with Crippen molar-refractivity contribution in [3.8, 4) is 0 Å². The highest BCUT2D eigenvalue weighted by Crippen LogP contribution is 2.09. The molecule has 0 fully saturated rings. The lowest BCUT2D eigenvalue weighted by Gasteiger charge is -2.06. The molecule has 0 aliphatic heterocycles. The Hall–Kier alpha value is -2.37. The molecule has 0 bridgehead atoms. The average Bonchev–Trinajstić information content (AvgIpc) is 2.39. The first-order valence-corrected chi connectivity index (χ1v) is 5.64. The molecule has 4 nitrogen and oxygen atoms in total. The molecule has 2 rings (SSSR count). The number of hydrogen-bond acceptors (Lipinski definition) is 3. The summed E-state index contributed by atoms with van der Waals surface area (Å²) < 4.78 is 26.0. The van der Waals surface area contributed by atoms with E-state index in [9.17, 15) is 13.6 Å². The number of carbonyl (C=O) groups excluding carboxylic acids is 1. The van der Waals surface area contributed by atoms with Crippen LogP contribution in [0, 0.1) is 11.6 Å². The molecule has 1 aromatic carbocycles. The lowest BCUT2D eigenvalue weighted by Crippen LogP contribution is -2.26. The van der Waals surface area contributed by atoms with E-state index in [1.165, 1.54) is 6.33 Å². The SMILES string of the molecule is O=C(NCCc1cncnc1)c1ccc(F)cc1F. The van der Waals surface area contributed by atoms with E-state index in [0.29, 0.717) is 19.0 Å². The van der Waals surface area contributed by atoms with Gasteiger partial charge in [-0.25, -0.2) is 18.7 Å². The summed E-state index contributed by atoms with van der Waals surface area (Å²) in [5.74, 6) is -2.16. The number of amides is 1. The van der Waals surface area contributed by atoms with E-state index in [-0.39, 0.29) is 5.56 Å². The molecule has 0 saturated carbocycles. The molecule has 0 saturated heterocycles. The van der Waals surface area contributed by atoms with E-state index in [2.05, 4.69) is 15.3 Å². The molecule has 1 amide bonds. The second kappa shape index (κ2) is 5.99. The molecule has 1 heterocycles. The van der Waals surface area contributed by atoms with Crippen LogP contribution in [0.1, 0.15) is 15.9 Å². The van der Waals surface area contributed by atoms with E-state index < -0.39 is 17.5 Å². The summed E-state index contributed by atoms with van der Waals surface area (Å²) >= 11 is 0. The quantitative estimate of drug-likeness (QED) is 0.914. The van der Waals surface area contributed by atoms with E-state index >= 15 is 0 Å². The Morgan fingerprint density at radius 3 is 2.63 bits per heavy atom. The highest BCUT2D eigenvalue weighted by atomic mass is 19.1. The summed E-state index contributed by atoms with van der Waals surface area (Å²) in [6.07, 6.45) is 5.22. The summed E-state index contributed by atoms with van der Waals surface area (Å²) in [7, 11) is 0. The number of carbonyl (C=O) groups is 1. The predicted octanol–water partition coefficient (Wildman–Crippen LogP) is 1.73. The number of nitrogens with one attached hydrogen (secondary N) is 1. The van der Waals surface area contributed by atoms with Crippen molar-refractivity contribution in [3.63, 3.8) is 0 Å². The van der Waals surface area contributed by atoms with Crippen LogP contribution in [-0.4, -0.2) is 22.4 Å². The molecular formula is C13H11F2N3O. The minimum absolute atomic E-state index is 0.175. The molecule has 0 radical (unpaired) electrons. The zero-order valence-corrected chi connectivity index (χ0v) is 9.94. The maximum atomic E-state index is 13.3. The number of aromatic nitrogens is 2. The van der Waals surface area contributed by atoms with E-state index in [0.717, 1.165) is 17.7 Å². The normalized spacial score (nSPS) is 10.2. The van der Waals surface area contributed by atoms with Gasteiger partial charge in [-0.2, -0.15) is 0 Å². The Balaban J connectivity index is 1.91. The Morgan fingerprint density at radius 1 is 1.21 bits per heavy atom. The van der Waals surface area contributed by atoms with Gasteiger partial charge in [0.1, 0.15) is 18.0 Å². The van der Waals surface area contributed by atoms with Gasteiger partial charge in [-0.05, 0) is 24.1 Å². The predicted molar refractivity (Wildman–Crippen MR) is 64.4 cm³/mol. The number of nitrogens with zero attached hydrogens (tertiary/aromatic N) is 2. The molecule has 19 heavy (non-hydrogen) atoms. The first-order valence-electron chi connectivity index (χ1n) is 5.64. The van der Waals surface area contributed by atoms with Crippen molar-refractivity contribution in [2.45, 2.75) is 6.42 Å². The summed E-state index contributed by atoms with van der Waals surface area (Å²) in [5.41, 5.74) is 0.688. The van der Waals surface area contributed by atoms with Crippen molar-refractivity contribution in [2.75, 3.05) is 6.54 Å². The highest BCUT2D eigenvalue weighted by molar-refractivity contribution is 5.94. The van der Waals surface area contributed by atoms with Crippen molar-refractivity contribution in [1.29, 1.82) is 0 Å². The average molecular weight is 263 g/mol. The molecule has 0 unspecified atom stereocenters. The van der Waals surface area contributed by atoms with Crippen LogP contribution in [0.25, 0.3) is 0 Å². The number of benzene rings is 1. The smallest absolute Gasteiger partial charge is 0.254 e. The Bertz CT molecular complexity index is 575. The van der Waals surface area contributed by atoms with Gasteiger partial charge in [-0.15, -0.1) is 0 Å². The van der Waals surface area contributed by atoms with Gasteiger partial charge in [0.15, 0.2) is 0 Å². The van der Waals surface area contributed by atoms with Gasteiger partial charge in [0.05, 0.1) is 5.56 Å². The van der Waals surface area contributed by atoms with Crippen molar-refractivity contribution in [3.05, 3.63) is 59.7 Å². The molecule has 98 valence electrons. The van der Waals surface area contributed by atoms with Gasteiger partial charge < -0.3 is 5.32 Å². The van der Waals surface area contributed by atoms with Crippen LogP contribution in [0.5, 0.6) is 0 Å². The van der Waals surface area contributed by atoms with Crippen LogP contribution >= 0.6 is 0 Å². The summed E-state index contributed by atoms with van der Waals surface area (Å²) in [5, 5.41) is 2.55. The molecule has 0 spiro atoms. The Labute approximate surface area is 108 Å². The van der Waals surface area contributed by atoms with Gasteiger partial charge in [0.2, 0.25) is 0 Å². The van der Waals surface area contributed by atoms with Gasteiger partial charge >= 0.3 is 0 Å². The van der Waals surface area contributed by atoms with Crippen LogP contribution < -0.4 is 5.32 Å². The lowest BCUT2D eigenvalue weighted by atomic mass is 10.2. The maximum absolute atomic E-state index is 13.3. The molecule has 0 aliphatic rings. The van der Waals surface area contributed by atoms with Crippen molar-refractivity contribution in [2.24, 2.45) is 0 Å². The second-order valence-electron chi connectivity index (χ2n) is 3.88. The zero-order valence-electron chi connectivity index (χ0n) is 9.94. The summed E-state index contributed by atoms with van der Waals surface area (Å²) in [4.78, 5) is 19.3. The summed E-state index contributed by atoms with van der Waals surface area (Å²) in [6, 6.07) is 2.84. The van der Waals surface area contributed by atoms with E-state index in [1.54, 1.807) is 12.4 Å². The Kier molecular flexibility index (Phi) is 4.12. The minimum Gasteiger partial charge on any atom is -0.352 e. The maximum Gasteiger partial charge on any atom is 0.254 e. The third-order valence-corrected chi connectivity index (χ3v) is 2.49.